The van der Waals surface area contributed by atoms with Crippen molar-refractivity contribution in [3.63, 3.8) is 0 Å². The molecule has 0 heterocycles. The van der Waals surface area contributed by atoms with Crippen molar-refractivity contribution in [2.45, 2.75) is 375 Å². The van der Waals surface area contributed by atoms with E-state index < -0.39 is 97.5 Å². The molecule has 0 saturated heterocycles. The third-order valence-corrected chi connectivity index (χ3v) is 18.8. The molecule has 91 heavy (non-hydrogen) atoms. The van der Waals surface area contributed by atoms with Crippen LogP contribution in [0, 0.1) is 23.7 Å². The number of phosphoric acid groups is 2. The molecule has 0 saturated carbocycles. The lowest BCUT2D eigenvalue weighted by molar-refractivity contribution is -0.161. The van der Waals surface area contributed by atoms with E-state index in [2.05, 4.69) is 55.4 Å². The van der Waals surface area contributed by atoms with E-state index in [0.717, 1.165) is 114 Å². The normalized spacial score (nSPS) is 14.5. The number of unbranched alkanes of at least 4 members (excludes halogenated alkanes) is 34. The highest BCUT2D eigenvalue weighted by Crippen LogP contribution is 2.45. The van der Waals surface area contributed by atoms with Gasteiger partial charge in [0.2, 0.25) is 0 Å². The van der Waals surface area contributed by atoms with E-state index in [0.29, 0.717) is 25.7 Å². The summed E-state index contributed by atoms with van der Waals surface area (Å²) in [5, 5.41) is 10.6. The molecule has 0 aliphatic heterocycles. The average molecular weight is 1340 g/mol. The minimum Gasteiger partial charge on any atom is -0.462 e. The summed E-state index contributed by atoms with van der Waals surface area (Å²) in [6, 6.07) is 0. The van der Waals surface area contributed by atoms with E-state index in [4.69, 9.17) is 37.0 Å². The number of phosphoric ester groups is 2. The Morgan fingerprint density at radius 1 is 0.308 bits per heavy atom. The summed E-state index contributed by atoms with van der Waals surface area (Å²) in [5.41, 5.74) is 0. The fraction of sp³-hybridized carbons (Fsp3) is 0.944. The molecule has 540 valence electrons. The molecule has 0 aromatic carbocycles. The zero-order chi connectivity index (χ0) is 67.5. The molecular formula is C72H140O17P2. The highest BCUT2D eigenvalue weighted by molar-refractivity contribution is 7.47. The lowest BCUT2D eigenvalue weighted by Crippen LogP contribution is -2.30. The molecule has 0 fully saturated rings. The Hall–Kier alpha value is -1.94. The van der Waals surface area contributed by atoms with Gasteiger partial charge in [-0.15, -0.1) is 0 Å². The second-order valence-corrected chi connectivity index (χ2v) is 30.6. The molecule has 6 atom stereocenters. The Bertz CT molecular complexity index is 1800. The lowest BCUT2D eigenvalue weighted by Gasteiger charge is -2.21. The number of hydrogen-bond acceptors (Lipinski definition) is 15. The van der Waals surface area contributed by atoms with Crippen molar-refractivity contribution in [2.75, 3.05) is 39.6 Å². The van der Waals surface area contributed by atoms with Crippen LogP contribution in [0.5, 0.6) is 0 Å². The maximum atomic E-state index is 13.0. The topological polar surface area (TPSA) is 237 Å². The summed E-state index contributed by atoms with van der Waals surface area (Å²) in [6.07, 6.45) is 44.3. The van der Waals surface area contributed by atoms with Gasteiger partial charge in [-0.3, -0.25) is 37.3 Å². The molecule has 0 rings (SSSR count). The molecule has 19 heteroatoms. The highest BCUT2D eigenvalue weighted by Gasteiger charge is 2.30. The van der Waals surface area contributed by atoms with Crippen LogP contribution in [0.4, 0.5) is 0 Å². The molecule has 0 aromatic rings. The second-order valence-electron chi connectivity index (χ2n) is 27.6. The summed E-state index contributed by atoms with van der Waals surface area (Å²) in [7, 11) is -9.91. The average Bonchev–Trinajstić information content (AvgIpc) is 2.61. The molecule has 3 unspecified atom stereocenters. The van der Waals surface area contributed by atoms with Crippen LogP contribution in [-0.4, -0.2) is 96.7 Å². The van der Waals surface area contributed by atoms with Gasteiger partial charge in [0.05, 0.1) is 26.4 Å². The van der Waals surface area contributed by atoms with Crippen LogP contribution >= 0.6 is 15.6 Å². The van der Waals surface area contributed by atoms with E-state index in [1.807, 2.05) is 0 Å². The van der Waals surface area contributed by atoms with Gasteiger partial charge >= 0.3 is 39.5 Å². The first-order valence-corrected chi connectivity index (χ1v) is 40.2. The Morgan fingerprint density at radius 3 is 0.780 bits per heavy atom. The fourth-order valence-electron chi connectivity index (χ4n) is 10.8. The number of esters is 4. The summed E-state index contributed by atoms with van der Waals surface area (Å²) in [6.45, 7) is 14.1. The van der Waals surface area contributed by atoms with Crippen molar-refractivity contribution in [1.82, 2.24) is 0 Å². The number of aliphatic hydroxyl groups excluding tert-OH is 1. The van der Waals surface area contributed by atoms with E-state index in [-0.39, 0.29) is 25.7 Å². The van der Waals surface area contributed by atoms with Crippen LogP contribution < -0.4 is 0 Å². The van der Waals surface area contributed by atoms with Crippen molar-refractivity contribution in [2.24, 2.45) is 23.7 Å². The third-order valence-electron chi connectivity index (χ3n) is 16.9. The molecule has 0 spiro atoms. The first kappa shape index (κ1) is 89.1. The molecule has 17 nitrogen and oxygen atoms in total. The van der Waals surface area contributed by atoms with E-state index in [1.54, 1.807) is 0 Å². The Balaban J connectivity index is 5.28. The predicted molar refractivity (Wildman–Crippen MR) is 367 cm³/mol. The third kappa shape index (κ3) is 65.1. The van der Waals surface area contributed by atoms with Gasteiger partial charge in [-0.05, 0) is 49.4 Å². The molecular weight excluding hydrogens is 1200 g/mol. The molecule has 0 aromatic heterocycles. The van der Waals surface area contributed by atoms with Crippen LogP contribution in [0.3, 0.4) is 0 Å². The number of hydrogen-bond donors (Lipinski definition) is 3. The van der Waals surface area contributed by atoms with Crippen LogP contribution in [0.15, 0.2) is 0 Å². The van der Waals surface area contributed by atoms with Crippen molar-refractivity contribution in [1.29, 1.82) is 0 Å². The number of aliphatic hydroxyl groups is 1. The van der Waals surface area contributed by atoms with Gasteiger partial charge in [0.15, 0.2) is 12.2 Å². The van der Waals surface area contributed by atoms with Crippen molar-refractivity contribution >= 4 is 39.5 Å². The van der Waals surface area contributed by atoms with Crippen molar-refractivity contribution in [3.8, 4) is 0 Å². The Morgan fingerprint density at radius 2 is 0.527 bits per heavy atom. The predicted octanol–water partition coefficient (Wildman–Crippen LogP) is 20.5. The Labute approximate surface area is 556 Å². The zero-order valence-electron chi connectivity index (χ0n) is 59.5. The van der Waals surface area contributed by atoms with Crippen molar-refractivity contribution in [3.05, 3.63) is 0 Å². The monoisotopic (exact) mass is 1340 g/mol. The van der Waals surface area contributed by atoms with Gasteiger partial charge in [0.1, 0.15) is 19.3 Å². The Kier molecular flexibility index (Phi) is 60.3. The molecule has 0 aliphatic carbocycles. The lowest BCUT2D eigenvalue weighted by atomic mass is 9.99. The molecule has 0 amide bonds. The summed E-state index contributed by atoms with van der Waals surface area (Å²) < 4.78 is 68.4. The van der Waals surface area contributed by atoms with Gasteiger partial charge in [-0.1, -0.05) is 306 Å². The van der Waals surface area contributed by atoms with Crippen molar-refractivity contribution < 1.29 is 80.2 Å². The molecule has 3 N–H and O–H groups in total. The molecule has 0 radical (unpaired) electrons. The molecule has 0 aliphatic rings. The van der Waals surface area contributed by atoms with Gasteiger partial charge in [0, 0.05) is 25.7 Å². The van der Waals surface area contributed by atoms with Crippen LogP contribution in [-0.2, 0) is 65.4 Å². The number of carbonyl (C=O) groups excluding carboxylic acids is 4. The van der Waals surface area contributed by atoms with E-state index >= 15 is 0 Å². The van der Waals surface area contributed by atoms with E-state index in [9.17, 15) is 43.2 Å². The minimum absolute atomic E-state index is 0.104. The largest absolute Gasteiger partial charge is 0.472 e. The highest BCUT2D eigenvalue weighted by atomic mass is 31.2. The number of ether oxygens (including phenoxy) is 4. The smallest absolute Gasteiger partial charge is 0.462 e. The maximum absolute atomic E-state index is 13.0. The standard InChI is InChI=1S/C72H140O17P2/c1-9-65(8)51-43-35-27-22-23-29-37-45-53-70(75)83-59-68(89-72(77)55-47-39-31-21-15-18-26-34-42-50-64(6)7)61-87-91(80,81)85-57-66(73)56-84-90(78,79)86-60-67(58-82-69(74)52-44-36-28-19-14-13-17-25-33-41-49-63(4)5)88-71(76)54-46-38-30-20-12-10-11-16-24-32-40-48-62(2)3/h62-68,73H,9-61H2,1-8H3,(H,78,79)(H,80,81)/t65?,66-,67-,68-/m1/s1. The van der Waals surface area contributed by atoms with E-state index in [1.165, 1.54) is 161 Å². The number of rotatable bonds is 69. The van der Waals surface area contributed by atoms with Gasteiger partial charge in [-0.25, -0.2) is 9.13 Å². The number of carbonyl (C=O) groups is 4. The molecule has 0 bridgehead atoms. The van der Waals surface area contributed by atoms with Crippen LogP contribution in [0.1, 0.15) is 357 Å². The van der Waals surface area contributed by atoms with Gasteiger partial charge in [-0.2, -0.15) is 0 Å². The first-order valence-electron chi connectivity index (χ1n) is 37.2. The minimum atomic E-state index is -4.95. The first-order chi connectivity index (χ1) is 43.6. The van der Waals surface area contributed by atoms with Gasteiger partial charge < -0.3 is 33.8 Å². The maximum Gasteiger partial charge on any atom is 0.472 e. The van der Waals surface area contributed by atoms with Gasteiger partial charge in [0.25, 0.3) is 0 Å². The quantitative estimate of drug-likeness (QED) is 0.0222. The summed E-state index contributed by atoms with van der Waals surface area (Å²) in [5.74, 6) is 0.911. The summed E-state index contributed by atoms with van der Waals surface area (Å²) >= 11 is 0. The van der Waals surface area contributed by atoms with Crippen LogP contribution in [0.2, 0.25) is 0 Å². The summed E-state index contributed by atoms with van der Waals surface area (Å²) in [4.78, 5) is 72.7. The second kappa shape index (κ2) is 61.6. The zero-order valence-corrected chi connectivity index (χ0v) is 61.3. The SMILES string of the molecule is CCC(C)CCCCCCCCCCC(=O)OC[C@H](COP(=O)(O)OC[C@H](O)COP(=O)(O)OC[C@@H](COC(=O)CCCCCCCCCCCCC(C)C)OC(=O)CCCCCCCCCCCCCC(C)C)OC(=O)CCCCCCCCCCCC(C)C. The van der Waals surface area contributed by atoms with Crippen LogP contribution in [0.25, 0.3) is 0 Å². The fourth-order valence-corrected chi connectivity index (χ4v) is 12.4.